The van der Waals surface area contributed by atoms with Crippen LogP contribution in [0.4, 0.5) is 4.79 Å². The highest BCUT2D eigenvalue weighted by molar-refractivity contribution is 5.78. The summed E-state index contributed by atoms with van der Waals surface area (Å²) in [6.45, 7) is 3.87. The van der Waals surface area contributed by atoms with Crippen LogP contribution >= 0.6 is 0 Å². The monoisotopic (exact) mass is 254 g/mol. The Morgan fingerprint density at radius 2 is 1.83 bits per heavy atom. The molecular weight excluding hydrogens is 232 g/mol. The normalized spacial score (nSPS) is 20.6. The van der Waals surface area contributed by atoms with Crippen molar-refractivity contribution in [2.24, 2.45) is 0 Å². The highest BCUT2D eigenvalue weighted by Gasteiger charge is 2.23. The minimum absolute atomic E-state index is 0.134. The topological polar surface area (TPSA) is 64.7 Å². The minimum Gasteiger partial charge on any atom is -0.340 e. The first-order valence-corrected chi connectivity index (χ1v) is 6.66. The molecule has 0 spiro atoms. The Balaban J connectivity index is 1.57. The molecule has 0 aromatic carbocycles. The maximum absolute atomic E-state index is 11.9. The first-order chi connectivity index (χ1) is 8.65. The van der Waals surface area contributed by atoms with E-state index in [1.54, 1.807) is 0 Å². The van der Waals surface area contributed by atoms with Crippen molar-refractivity contribution in [1.82, 2.24) is 20.4 Å². The van der Waals surface area contributed by atoms with Gasteiger partial charge in [-0.15, -0.1) is 0 Å². The number of amides is 3. The minimum atomic E-state index is -0.149. The lowest BCUT2D eigenvalue weighted by Gasteiger charge is -2.32. The van der Waals surface area contributed by atoms with Crippen molar-refractivity contribution in [3.8, 4) is 0 Å². The molecule has 1 heterocycles. The number of likely N-dealkylation sites (N-methyl/N-ethyl adjacent to an activating group) is 1. The summed E-state index contributed by atoms with van der Waals surface area (Å²) in [5.41, 5.74) is 0. The molecule has 2 aliphatic rings. The van der Waals surface area contributed by atoms with Crippen LogP contribution in [0.2, 0.25) is 0 Å². The van der Waals surface area contributed by atoms with Crippen molar-refractivity contribution in [2.45, 2.75) is 25.3 Å². The lowest BCUT2D eigenvalue weighted by molar-refractivity contribution is -0.132. The fourth-order valence-corrected chi connectivity index (χ4v) is 1.96. The van der Waals surface area contributed by atoms with E-state index in [4.69, 9.17) is 0 Å². The van der Waals surface area contributed by atoms with Gasteiger partial charge >= 0.3 is 6.03 Å². The van der Waals surface area contributed by atoms with Crippen molar-refractivity contribution in [2.75, 3.05) is 39.8 Å². The second kappa shape index (κ2) is 6.04. The maximum Gasteiger partial charge on any atom is 0.315 e. The number of rotatable bonds is 4. The summed E-state index contributed by atoms with van der Waals surface area (Å²) in [4.78, 5) is 27.3. The van der Waals surface area contributed by atoms with Crippen molar-refractivity contribution in [3.63, 3.8) is 0 Å². The predicted octanol–water partition coefficient (Wildman–Crippen LogP) is -0.388. The Kier molecular flexibility index (Phi) is 4.41. The second-order valence-corrected chi connectivity index (χ2v) is 5.11. The van der Waals surface area contributed by atoms with Gasteiger partial charge in [-0.1, -0.05) is 0 Å². The number of piperazine rings is 1. The Morgan fingerprint density at radius 3 is 2.44 bits per heavy atom. The standard InChI is InChI=1S/C12H22N4O2/c1-15-6-8-16(9-7-15)11(17)4-5-13-12(18)14-10-2-3-10/h10H,2-9H2,1H3,(H2,13,14,18). The molecule has 1 aliphatic heterocycles. The van der Waals surface area contributed by atoms with Crippen LogP contribution in [-0.4, -0.2) is 67.6 Å². The third-order valence-corrected chi connectivity index (χ3v) is 3.39. The number of carbonyl (C=O) groups excluding carboxylic acids is 2. The number of nitrogens with zero attached hydrogens (tertiary/aromatic N) is 2. The van der Waals surface area contributed by atoms with Crippen molar-refractivity contribution in [1.29, 1.82) is 0 Å². The molecule has 0 aromatic heterocycles. The van der Waals surface area contributed by atoms with E-state index in [1.165, 1.54) is 0 Å². The molecule has 0 bridgehead atoms. The molecule has 2 fully saturated rings. The van der Waals surface area contributed by atoms with E-state index in [9.17, 15) is 9.59 Å². The molecule has 3 amide bonds. The SMILES string of the molecule is CN1CCN(C(=O)CCNC(=O)NC2CC2)CC1. The molecule has 1 aliphatic carbocycles. The van der Waals surface area contributed by atoms with Gasteiger partial charge in [-0.25, -0.2) is 4.79 Å². The molecule has 18 heavy (non-hydrogen) atoms. The molecule has 1 saturated heterocycles. The molecule has 0 aromatic rings. The lowest BCUT2D eigenvalue weighted by atomic mass is 10.3. The molecule has 0 radical (unpaired) electrons. The Labute approximate surface area is 108 Å². The molecule has 1 saturated carbocycles. The third kappa shape index (κ3) is 4.18. The van der Waals surface area contributed by atoms with Crippen LogP contribution in [0, 0.1) is 0 Å². The zero-order chi connectivity index (χ0) is 13.0. The average molecular weight is 254 g/mol. The van der Waals surface area contributed by atoms with Gasteiger partial charge in [0.05, 0.1) is 0 Å². The molecule has 2 N–H and O–H groups in total. The van der Waals surface area contributed by atoms with Crippen LogP contribution < -0.4 is 10.6 Å². The van der Waals surface area contributed by atoms with Crippen LogP contribution in [0.15, 0.2) is 0 Å². The lowest BCUT2D eigenvalue weighted by Crippen LogP contribution is -2.48. The summed E-state index contributed by atoms with van der Waals surface area (Å²) in [5.74, 6) is 0.134. The molecule has 6 heteroatoms. The van der Waals surface area contributed by atoms with Crippen molar-refractivity contribution in [3.05, 3.63) is 0 Å². The zero-order valence-corrected chi connectivity index (χ0v) is 10.9. The highest BCUT2D eigenvalue weighted by atomic mass is 16.2. The van der Waals surface area contributed by atoms with E-state index in [1.807, 2.05) is 4.90 Å². The van der Waals surface area contributed by atoms with Gasteiger partial charge in [-0.3, -0.25) is 4.79 Å². The summed E-state index contributed by atoms with van der Waals surface area (Å²) in [6.07, 6.45) is 2.54. The van der Waals surface area contributed by atoms with Gasteiger partial charge in [0.25, 0.3) is 0 Å². The molecular formula is C12H22N4O2. The van der Waals surface area contributed by atoms with Gasteiger partial charge in [0, 0.05) is 45.2 Å². The summed E-state index contributed by atoms with van der Waals surface area (Å²) in [7, 11) is 2.06. The van der Waals surface area contributed by atoms with Gasteiger partial charge in [-0.05, 0) is 19.9 Å². The number of urea groups is 1. The third-order valence-electron chi connectivity index (χ3n) is 3.39. The first-order valence-electron chi connectivity index (χ1n) is 6.66. The number of nitrogens with one attached hydrogen (secondary N) is 2. The van der Waals surface area contributed by atoms with E-state index in [0.717, 1.165) is 39.0 Å². The summed E-state index contributed by atoms with van der Waals surface area (Å²) >= 11 is 0. The van der Waals surface area contributed by atoms with Gasteiger partial charge < -0.3 is 20.4 Å². The molecule has 0 atom stereocenters. The molecule has 102 valence electrons. The van der Waals surface area contributed by atoms with Crippen LogP contribution in [0.1, 0.15) is 19.3 Å². The highest BCUT2D eigenvalue weighted by Crippen LogP contribution is 2.18. The molecule has 6 nitrogen and oxygen atoms in total. The zero-order valence-electron chi connectivity index (χ0n) is 10.9. The van der Waals surface area contributed by atoms with Crippen LogP contribution in [-0.2, 0) is 4.79 Å². The number of hydrogen-bond donors (Lipinski definition) is 2. The average Bonchev–Trinajstić information content (AvgIpc) is 3.13. The van der Waals surface area contributed by atoms with Gasteiger partial charge in [0.2, 0.25) is 5.91 Å². The van der Waals surface area contributed by atoms with Crippen LogP contribution in [0.25, 0.3) is 0 Å². The quantitative estimate of drug-likeness (QED) is 0.718. The summed E-state index contributed by atoms with van der Waals surface area (Å²) < 4.78 is 0. The Bertz CT molecular complexity index is 309. The molecule has 2 rings (SSSR count). The van der Waals surface area contributed by atoms with Crippen molar-refractivity contribution < 1.29 is 9.59 Å². The van der Waals surface area contributed by atoms with Gasteiger partial charge in [0.15, 0.2) is 0 Å². The Morgan fingerprint density at radius 1 is 1.17 bits per heavy atom. The smallest absolute Gasteiger partial charge is 0.315 e. The van der Waals surface area contributed by atoms with E-state index < -0.39 is 0 Å². The number of carbonyl (C=O) groups is 2. The molecule has 0 unspecified atom stereocenters. The van der Waals surface area contributed by atoms with E-state index in [2.05, 4.69) is 22.6 Å². The van der Waals surface area contributed by atoms with E-state index in [0.29, 0.717) is 19.0 Å². The van der Waals surface area contributed by atoms with Crippen molar-refractivity contribution >= 4 is 11.9 Å². The van der Waals surface area contributed by atoms with Gasteiger partial charge in [-0.2, -0.15) is 0 Å². The Hall–Kier alpha value is -1.30. The summed E-state index contributed by atoms with van der Waals surface area (Å²) in [5, 5.41) is 5.56. The maximum atomic E-state index is 11.9. The van der Waals surface area contributed by atoms with Gasteiger partial charge in [0.1, 0.15) is 0 Å². The largest absolute Gasteiger partial charge is 0.340 e. The van der Waals surface area contributed by atoms with E-state index >= 15 is 0 Å². The fourth-order valence-electron chi connectivity index (χ4n) is 1.96. The first kappa shape index (κ1) is 13.1. The number of hydrogen-bond acceptors (Lipinski definition) is 3. The second-order valence-electron chi connectivity index (χ2n) is 5.11. The van der Waals surface area contributed by atoms with Crippen LogP contribution in [0.5, 0.6) is 0 Å². The predicted molar refractivity (Wildman–Crippen MR) is 68.3 cm³/mol. The van der Waals surface area contributed by atoms with Crippen LogP contribution in [0.3, 0.4) is 0 Å². The van der Waals surface area contributed by atoms with E-state index in [-0.39, 0.29) is 11.9 Å². The summed E-state index contributed by atoms with van der Waals surface area (Å²) in [6, 6.07) is 0.210. The fraction of sp³-hybridized carbons (Fsp3) is 0.833.